The lowest BCUT2D eigenvalue weighted by molar-refractivity contribution is 0.102. The molecule has 0 amide bonds. The van der Waals surface area contributed by atoms with Crippen molar-refractivity contribution in [2.24, 2.45) is 11.8 Å². The van der Waals surface area contributed by atoms with E-state index in [1.165, 1.54) is 0 Å². The third kappa shape index (κ3) is 1.33. The molecule has 0 radical (unpaired) electrons. The lowest BCUT2D eigenvalue weighted by atomic mass is 9.85. The van der Waals surface area contributed by atoms with Crippen molar-refractivity contribution in [1.82, 2.24) is 0 Å². The summed E-state index contributed by atoms with van der Waals surface area (Å²) in [6.07, 6.45) is 2.94. The summed E-state index contributed by atoms with van der Waals surface area (Å²) in [5.74, 6) is 0.824. The van der Waals surface area contributed by atoms with Crippen LogP contribution in [0.4, 0.5) is 4.39 Å². The van der Waals surface area contributed by atoms with Gasteiger partial charge < -0.3 is 0 Å². The summed E-state index contributed by atoms with van der Waals surface area (Å²) < 4.78 is 13.5. The fourth-order valence-electron chi connectivity index (χ4n) is 2.18. The zero-order chi connectivity index (χ0) is 7.78. The second-order valence-electron chi connectivity index (χ2n) is 4.02. The Morgan fingerprint density at radius 3 is 2.30 bits per heavy atom. The van der Waals surface area contributed by atoms with Crippen LogP contribution in [0, 0.1) is 11.8 Å². The third-order valence-corrected chi connectivity index (χ3v) is 2.76. The maximum atomic E-state index is 13.5. The summed E-state index contributed by atoms with van der Waals surface area (Å²) in [5.41, 5.74) is -0.867. The van der Waals surface area contributed by atoms with Crippen molar-refractivity contribution in [3.63, 3.8) is 0 Å². The van der Waals surface area contributed by atoms with Crippen LogP contribution in [0.2, 0.25) is 0 Å². The topological polar surface area (TPSA) is 0 Å². The maximum absolute atomic E-state index is 13.5. The second kappa shape index (κ2) is 2.52. The highest BCUT2D eigenvalue weighted by molar-refractivity contribution is 4.90. The summed E-state index contributed by atoms with van der Waals surface area (Å²) in [4.78, 5) is 0. The summed E-state index contributed by atoms with van der Waals surface area (Å²) in [6, 6.07) is 0. The van der Waals surface area contributed by atoms with Crippen molar-refractivity contribution in [2.75, 3.05) is 0 Å². The molecule has 0 aromatic heterocycles. The van der Waals surface area contributed by atoms with E-state index in [4.69, 9.17) is 0 Å². The summed E-state index contributed by atoms with van der Waals surface area (Å²) in [6.45, 7) is 5.99. The van der Waals surface area contributed by atoms with E-state index in [1.54, 1.807) is 6.92 Å². The molecule has 0 nitrogen and oxygen atoms in total. The van der Waals surface area contributed by atoms with Gasteiger partial charge in [-0.3, -0.25) is 0 Å². The average molecular weight is 144 g/mol. The van der Waals surface area contributed by atoms with Crippen LogP contribution < -0.4 is 0 Å². The van der Waals surface area contributed by atoms with Crippen LogP contribution in [0.3, 0.4) is 0 Å². The van der Waals surface area contributed by atoms with E-state index < -0.39 is 5.67 Å². The van der Waals surface area contributed by atoms with Crippen molar-refractivity contribution in [3.05, 3.63) is 0 Å². The van der Waals surface area contributed by atoms with Crippen LogP contribution in [-0.2, 0) is 0 Å². The first kappa shape index (κ1) is 8.03. The zero-order valence-electron chi connectivity index (χ0n) is 7.15. The van der Waals surface area contributed by atoms with E-state index in [9.17, 15) is 4.39 Å². The maximum Gasteiger partial charge on any atom is 0.111 e. The van der Waals surface area contributed by atoms with E-state index in [0.717, 1.165) is 19.3 Å². The summed E-state index contributed by atoms with van der Waals surface area (Å²) >= 11 is 0. The quantitative estimate of drug-likeness (QED) is 0.530. The van der Waals surface area contributed by atoms with Gasteiger partial charge in [0.25, 0.3) is 0 Å². The van der Waals surface area contributed by atoms with Gasteiger partial charge >= 0.3 is 0 Å². The molecule has 1 aliphatic rings. The van der Waals surface area contributed by atoms with E-state index in [1.807, 2.05) is 0 Å². The molecule has 1 heteroatoms. The van der Waals surface area contributed by atoms with Gasteiger partial charge in [-0.25, -0.2) is 4.39 Å². The van der Waals surface area contributed by atoms with E-state index in [0.29, 0.717) is 11.8 Å². The molecule has 0 aromatic carbocycles. The number of rotatable bonds is 1. The Balaban J connectivity index is 2.59. The molecule has 60 valence electrons. The van der Waals surface area contributed by atoms with Crippen LogP contribution in [0.15, 0.2) is 0 Å². The lowest BCUT2D eigenvalue weighted by Gasteiger charge is -2.25. The molecule has 0 saturated heterocycles. The minimum Gasteiger partial charge on any atom is -0.244 e. The molecule has 0 N–H and O–H groups in total. The minimum atomic E-state index is -0.867. The largest absolute Gasteiger partial charge is 0.244 e. The van der Waals surface area contributed by atoms with Crippen molar-refractivity contribution in [2.45, 2.75) is 45.7 Å². The predicted octanol–water partition coefficient (Wildman–Crippen LogP) is 3.17. The highest BCUT2D eigenvalue weighted by Crippen LogP contribution is 2.42. The highest BCUT2D eigenvalue weighted by Gasteiger charge is 2.40. The molecule has 1 rings (SSSR count). The van der Waals surface area contributed by atoms with Gasteiger partial charge in [0.1, 0.15) is 5.67 Å². The van der Waals surface area contributed by atoms with Crippen molar-refractivity contribution >= 4 is 0 Å². The van der Waals surface area contributed by atoms with Gasteiger partial charge in [-0.1, -0.05) is 13.8 Å². The van der Waals surface area contributed by atoms with Crippen molar-refractivity contribution in [1.29, 1.82) is 0 Å². The molecule has 2 atom stereocenters. The van der Waals surface area contributed by atoms with Gasteiger partial charge in [0.2, 0.25) is 0 Å². The molecule has 0 aromatic rings. The van der Waals surface area contributed by atoms with Crippen molar-refractivity contribution in [3.8, 4) is 0 Å². The van der Waals surface area contributed by atoms with Gasteiger partial charge in [0, 0.05) is 0 Å². The fourth-order valence-corrected chi connectivity index (χ4v) is 2.18. The first-order valence-electron chi connectivity index (χ1n) is 4.23. The molecule has 0 aliphatic heterocycles. The van der Waals surface area contributed by atoms with Gasteiger partial charge in [-0.15, -0.1) is 0 Å². The van der Waals surface area contributed by atoms with Crippen LogP contribution in [0.1, 0.15) is 40.0 Å². The SMILES string of the molecule is CC(C)[C@@H]1CCCC1(C)F. The Bertz CT molecular complexity index is 116. The molecule has 0 heterocycles. The van der Waals surface area contributed by atoms with E-state index in [2.05, 4.69) is 13.8 Å². The Hall–Kier alpha value is -0.0700. The van der Waals surface area contributed by atoms with Crippen LogP contribution >= 0.6 is 0 Å². The smallest absolute Gasteiger partial charge is 0.111 e. The van der Waals surface area contributed by atoms with Gasteiger partial charge in [0.15, 0.2) is 0 Å². The first-order valence-corrected chi connectivity index (χ1v) is 4.23. The molecular weight excluding hydrogens is 127 g/mol. The fraction of sp³-hybridized carbons (Fsp3) is 1.00. The average Bonchev–Trinajstić information content (AvgIpc) is 2.08. The Morgan fingerprint density at radius 2 is 2.10 bits per heavy atom. The summed E-state index contributed by atoms with van der Waals surface area (Å²) in [7, 11) is 0. The predicted molar refractivity (Wildman–Crippen MR) is 41.7 cm³/mol. The lowest BCUT2D eigenvalue weighted by Crippen LogP contribution is -2.27. The minimum absolute atomic E-state index is 0.312. The molecule has 1 saturated carbocycles. The standard InChI is InChI=1S/C9H17F/c1-7(2)8-5-4-6-9(8,3)10/h7-8H,4-6H2,1-3H3/t8-,9?/m0/s1. The van der Waals surface area contributed by atoms with E-state index >= 15 is 0 Å². The zero-order valence-corrected chi connectivity index (χ0v) is 7.15. The molecule has 0 bridgehead atoms. The number of hydrogen-bond acceptors (Lipinski definition) is 0. The van der Waals surface area contributed by atoms with Gasteiger partial charge in [0.05, 0.1) is 0 Å². The second-order valence-corrected chi connectivity index (χ2v) is 4.02. The number of alkyl halides is 1. The van der Waals surface area contributed by atoms with Crippen LogP contribution in [0.25, 0.3) is 0 Å². The number of hydrogen-bond donors (Lipinski definition) is 0. The molecule has 1 fully saturated rings. The normalized spacial score (nSPS) is 41.1. The van der Waals surface area contributed by atoms with Crippen molar-refractivity contribution < 1.29 is 4.39 Å². The van der Waals surface area contributed by atoms with Crippen LogP contribution in [-0.4, -0.2) is 5.67 Å². The highest BCUT2D eigenvalue weighted by atomic mass is 19.1. The first-order chi connectivity index (χ1) is 4.54. The summed E-state index contributed by atoms with van der Waals surface area (Å²) in [5, 5.41) is 0. The van der Waals surface area contributed by atoms with E-state index in [-0.39, 0.29) is 0 Å². The molecular formula is C9H17F. The molecule has 0 spiro atoms. The monoisotopic (exact) mass is 144 g/mol. The Morgan fingerprint density at radius 1 is 1.50 bits per heavy atom. The van der Waals surface area contributed by atoms with Gasteiger partial charge in [-0.2, -0.15) is 0 Å². The Labute approximate surface area is 62.8 Å². The van der Waals surface area contributed by atoms with Crippen LogP contribution in [0.5, 0.6) is 0 Å². The molecule has 1 aliphatic carbocycles. The van der Waals surface area contributed by atoms with Gasteiger partial charge in [-0.05, 0) is 38.0 Å². The Kier molecular flexibility index (Phi) is 2.02. The third-order valence-electron chi connectivity index (χ3n) is 2.76. The number of halogens is 1. The molecule has 1 unspecified atom stereocenters. The molecule has 10 heavy (non-hydrogen) atoms.